The monoisotopic (exact) mass is 394 g/mol. The number of rotatable bonds is 18. The average Bonchev–Trinajstić information content (AvgIpc) is 2.64. The van der Waals surface area contributed by atoms with E-state index in [-0.39, 0.29) is 6.42 Å². The Morgan fingerprint density at radius 2 is 1.38 bits per heavy atom. The number of carbonyl (C=O) groups is 2. The zero-order valence-corrected chi connectivity index (χ0v) is 16.9. The van der Waals surface area contributed by atoms with Gasteiger partial charge in [0.2, 0.25) is 0 Å². The number of esters is 2. The lowest BCUT2D eigenvalue weighted by Crippen LogP contribution is -2.25. The van der Waals surface area contributed by atoms with Crippen LogP contribution in [-0.2, 0) is 28.4 Å². The maximum absolute atomic E-state index is 12.0. The molecular weight excluding hydrogens is 360 g/mol. The molecule has 26 heavy (non-hydrogen) atoms. The van der Waals surface area contributed by atoms with E-state index >= 15 is 0 Å². The first-order valence-corrected chi connectivity index (χ1v) is 10.4. The van der Waals surface area contributed by atoms with Crippen LogP contribution in [0.1, 0.15) is 84.5 Å². The molecule has 0 saturated carbocycles. The molecular formula is C18H34O7S. The minimum absolute atomic E-state index is 0.197. The molecule has 154 valence electrons. The second-order valence-corrected chi connectivity index (χ2v) is 7.05. The standard InChI is InChI=1S/C18H34O7S/c1-3-5-7-9-10-12-13-22-17(19)15-16(26-25-24-21)18(20)23-14-11-8-6-4-2/h16,21H,3-15H2,1-2H3. The maximum Gasteiger partial charge on any atom is 0.322 e. The molecule has 0 bridgehead atoms. The number of unbranched alkanes of at least 4 members (excludes halogenated alkanes) is 8. The first kappa shape index (κ1) is 25.2. The van der Waals surface area contributed by atoms with Crippen LogP contribution < -0.4 is 0 Å². The summed E-state index contributed by atoms with van der Waals surface area (Å²) in [5.41, 5.74) is 0. The van der Waals surface area contributed by atoms with Crippen molar-refractivity contribution in [2.24, 2.45) is 0 Å². The Kier molecular flexibility index (Phi) is 18.3. The van der Waals surface area contributed by atoms with Crippen molar-refractivity contribution in [1.82, 2.24) is 0 Å². The smallest absolute Gasteiger partial charge is 0.322 e. The molecule has 0 spiro atoms. The van der Waals surface area contributed by atoms with E-state index in [1.54, 1.807) is 0 Å². The van der Waals surface area contributed by atoms with E-state index in [4.69, 9.17) is 14.7 Å². The third kappa shape index (κ3) is 15.4. The summed E-state index contributed by atoms with van der Waals surface area (Å²) in [4.78, 5) is 23.9. The summed E-state index contributed by atoms with van der Waals surface area (Å²) in [7, 11) is 0. The Morgan fingerprint density at radius 3 is 2.00 bits per heavy atom. The lowest BCUT2D eigenvalue weighted by molar-refractivity contribution is -0.432. The van der Waals surface area contributed by atoms with E-state index in [0.29, 0.717) is 25.3 Å². The van der Waals surface area contributed by atoms with Crippen molar-refractivity contribution >= 4 is 24.0 Å². The summed E-state index contributed by atoms with van der Waals surface area (Å²) in [5, 5.41) is 10.8. The first-order valence-electron chi connectivity index (χ1n) is 9.61. The summed E-state index contributed by atoms with van der Waals surface area (Å²) < 4.78 is 14.6. The van der Waals surface area contributed by atoms with Gasteiger partial charge in [0, 0.05) is 0 Å². The van der Waals surface area contributed by atoms with Gasteiger partial charge in [0.05, 0.1) is 31.7 Å². The van der Waals surface area contributed by atoms with Crippen molar-refractivity contribution in [2.45, 2.75) is 89.7 Å². The van der Waals surface area contributed by atoms with Crippen LogP contribution in [0.5, 0.6) is 0 Å². The highest BCUT2D eigenvalue weighted by molar-refractivity contribution is 7.95. The minimum atomic E-state index is -0.939. The van der Waals surface area contributed by atoms with E-state index in [9.17, 15) is 9.59 Å². The number of carbonyl (C=O) groups excluding carboxylic acids is 2. The molecule has 1 atom stereocenters. The van der Waals surface area contributed by atoms with E-state index in [2.05, 4.69) is 23.2 Å². The van der Waals surface area contributed by atoms with Gasteiger partial charge in [-0.25, -0.2) is 5.26 Å². The Hall–Kier alpha value is -0.830. The predicted octanol–water partition coefficient (Wildman–Crippen LogP) is 4.84. The molecule has 1 N–H and O–H groups in total. The van der Waals surface area contributed by atoms with Crippen LogP contribution in [0, 0.1) is 0 Å². The molecule has 0 aromatic rings. The highest BCUT2D eigenvalue weighted by Gasteiger charge is 2.26. The summed E-state index contributed by atoms with van der Waals surface area (Å²) >= 11 is 0.531. The highest BCUT2D eigenvalue weighted by Crippen LogP contribution is 2.19. The van der Waals surface area contributed by atoms with Crippen LogP contribution in [-0.4, -0.2) is 35.7 Å². The maximum atomic E-state index is 12.0. The Balaban J connectivity index is 4.01. The van der Waals surface area contributed by atoms with Gasteiger partial charge < -0.3 is 9.47 Å². The number of hydrogen-bond acceptors (Lipinski definition) is 8. The molecule has 7 nitrogen and oxygen atoms in total. The summed E-state index contributed by atoms with van der Waals surface area (Å²) in [6.07, 6.45) is 10.3. The number of hydrogen-bond donors (Lipinski definition) is 1. The van der Waals surface area contributed by atoms with Gasteiger partial charge in [-0.05, 0) is 12.8 Å². The van der Waals surface area contributed by atoms with Gasteiger partial charge in [-0.1, -0.05) is 70.3 Å². The van der Waals surface area contributed by atoms with E-state index in [0.717, 1.165) is 44.9 Å². The Bertz CT molecular complexity index is 352. The van der Waals surface area contributed by atoms with Crippen molar-refractivity contribution < 1.29 is 33.7 Å². The van der Waals surface area contributed by atoms with Crippen LogP contribution in [0.3, 0.4) is 0 Å². The van der Waals surface area contributed by atoms with Crippen molar-refractivity contribution in [2.75, 3.05) is 13.2 Å². The second-order valence-electron chi connectivity index (χ2n) is 6.15. The Morgan fingerprint density at radius 1 is 0.846 bits per heavy atom. The topological polar surface area (TPSA) is 91.3 Å². The Labute approximate surface area is 161 Å². The summed E-state index contributed by atoms with van der Waals surface area (Å²) in [5.74, 6) is -1.08. The van der Waals surface area contributed by atoms with Crippen molar-refractivity contribution in [3.8, 4) is 0 Å². The molecule has 0 aliphatic carbocycles. The van der Waals surface area contributed by atoms with Gasteiger partial charge >= 0.3 is 11.9 Å². The second kappa shape index (κ2) is 18.9. The van der Waals surface area contributed by atoms with Gasteiger partial charge in [0.15, 0.2) is 0 Å². The predicted molar refractivity (Wildman–Crippen MR) is 100 cm³/mol. The van der Waals surface area contributed by atoms with E-state index < -0.39 is 17.2 Å². The fraction of sp³-hybridized carbons (Fsp3) is 0.889. The molecule has 1 unspecified atom stereocenters. The van der Waals surface area contributed by atoms with Crippen LogP contribution in [0.25, 0.3) is 0 Å². The molecule has 0 aromatic heterocycles. The summed E-state index contributed by atoms with van der Waals surface area (Å²) in [6.45, 7) is 4.90. The lowest BCUT2D eigenvalue weighted by Gasteiger charge is -2.13. The molecule has 0 heterocycles. The lowest BCUT2D eigenvalue weighted by atomic mass is 10.1. The molecule has 0 aliphatic rings. The highest BCUT2D eigenvalue weighted by atomic mass is 32.2. The zero-order valence-electron chi connectivity index (χ0n) is 16.1. The quantitative estimate of drug-likeness (QED) is 0.116. The van der Waals surface area contributed by atoms with Crippen molar-refractivity contribution in [3.05, 3.63) is 0 Å². The SMILES string of the molecule is CCCCCCCCOC(=O)CC(SOOO)C(=O)OCCCCCC. The van der Waals surface area contributed by atoms with Crippen molar-refractivity contribution in [3.63, 3.8) is 0 Å². The van der Waals surface area contributed by atoms with Gasteiger partial charge in [-0.3, -0.25) is 9.59 Å². The molecule has 0 saturated heterocycles. The van der Waals surface area contributed by atoms with Crippen molar-refractivity contribution in [1.29, 1.82) is 0 Å². The largest absolute Gasteiger partial charge is 0.466 e. The van der Waals surface area contributed by atoms with Crippen LogP contribution in [0.2, 0.25) is 0 Å². The average molecular weight is 395 g/mol. The summed E-state index contributed by atoms with van der Waals surface area (Å²) in [6, 6.07) is 0. The van der Waals surface area contributed by atoms with Crippen LogP contribution >= 0.6 is 12.0 Å². The zero-order chi connectivity index (χ0) is 19.5. The van der Waals surface area contributed by atoms with Gasteiger partial charge in [0.1, 0.15) is 5.25 Å². The van der Waals surface area contributed by atoms with Gasteiger partial charge in [0.25, 0.3) is 0 Å². The minimum Gasteiger partial charge on any atom is -0.466 e. The molecule has 0 rings (SSSR count). The number of ether oxygens (including phenoxy) is 2. The first-order chi connectivity index (χ1) is 12.7. The molecule has 0 aromatic carbocycles. The van der Waals surface area contributed by atoms with Gasteiger partial charge in [-0.15, -0.1) is 4.33 Å². The third-order valence-corrected chi connectivity index (χ3v) is 4.53. The fourth-order valence-electron chi connectivity index (χ4n) is 2.29. The van der Waals surface area contributed by atoms with E-state index in [1.807, 2.05) is 0 Å². The molecule has 0 amide bonds. The van der Waals surface area contributed by atoms with Crippen LogP contribution in [0.4, 0.5) is 0 Å². The molecule has 8 heteroatoms. The van der Waals surface area contributed by atoms with Crippen LogP contribution in [0.15, 0.2) is 0 Å². The third-order valence-electron chi connectivity index (χ3n) is 3.80. The molecule has 0 radical (unpaired) electrons. The molecule has 0 fully saturated rings. The fourth-order valence-corrected chi connectivity index (χ4v) is 2.78. The van der Waals surface area contributed by atoms with E-state index in [1.165, 1.54) is 19.3 Å². The molecule has 0 aliphatic heterocycles. The normalized spacial score (nSPS) is 12.0. The van der Waals surface area contributed by atoms with Gasteiger partial charge in [-0.2, -0.15) is 0 Å².